The molecular weight excluding hydrogens is 310 g/mol. The summed E-state index contributed by atoms with van der Waals surface area (Å²) in [7, 11) is 4.17. The second-order valence-corrected chi connectivity index (χ2v) is 7.77. The molecule has 2 rings (SSSR count). The molecular formula is C18H36ClN3O. The Hall–Kier alpha value is -0.320. The molecule has 0 saturated heterocycles. The maximum absolute atomic E-state index is 13.0. The van der Waals surface area contributed by atoms with E-state index in [1.54, 1.807) is 0 Å². The minimum Gasteiger partial charge on any atom is -0.338 e. The van der Waals surface area contributed by atoms with Crippen LogP contribution in [-0.4, -0.2) is 55.5 Å². The molecule has 4 nitrogen and oxygen atoms in total. The van der Waals surface area contributed by atoms with Gasteiger partial charge in [-0.15, -0.1) is 12.4 Å². The molecule has 0 aromatic heterocycles. The van der Waals surface area contributed by atoms with Crippen molar-refractivity contribution in [3.63, 3.8) is 0 Å². The Labute approximate surface area is 148 Å². The molecule has 2 N–H and O–H groups in total. The van der Waals surface area contributed by atoms with Gasteiger partial charge in [-0.05, 0) is 51.7 Å². The van der Waals surface area contributed by atoms with Crippen molar-refractivity contribution in [3.05, 3.63) is 0 Å². The number of carbonyl (C=O) groups is 1. The van der Waals surface area contributed by atoms with Crippen molar-refractivity contribution in [1.29, 1.82) is 0 Å². The van der Waals surface area contributed by atoms with E-state index in [-0.39, 0.29) is 17.8 Å². The fourth-order valence-electron chi connectivity index (χ4n) is 4.21. The lowest BCUT2D eigenvalue weighted by atomic mass is 9.71. The summed E-state index contributed by atoms with van der Waals surface area (Å²) in [5.41, 5.74) is 6.17. The molecule has 5 heteroatoms. The van der Waals surface area contributed by atoms with Crippen molar-refractivity contribution in [3.8, 4) is 0 Å². The third-order valence-electron chi connectivity index (χ3n) is 5.75. The van der Waals surface area contributed by atoms with Crippen LogP contribution in [0.4, 0.5) is 0 Å². The largest absolute Gasteiger partial charge is 0.338 e. The summed E-state index contributed by atoms with van der Waals surface area (Å²) in [5.74, 6) is 0.362. The summed E-state index contributed by atoms with van der Waals surface area (Å²) in [5, 5.41) is 0. The van der Waals surface area contributed by atoms with Crippen molar-refractivity contribution in [2.75, 3.05) is 33.7 Å². The third-order valence-corrected chi connectivity index (χ3v) is 5.75. The number of nitrogens with zero attached hydrogens (tertiary/aromatic N) is 2. The Morgan fingerprint density at radius 1 is 1.04 bits per heavy atom. The van der Waals surface area contributed by atoms with Crippen LogP contribution in [0.1, 0.15) is 64.2 Å². The Bertz CT molecular complexity index is 350. The van der Waals surface area contributed by atoms with Crippen LogP contribution in [0.5, 0.6) is 0 Å². The number of hydrogen-bond acceptors (Lipinski definition) is 3. The maximum Gasteiger partial charge on any atom is 0.223 e. The van der Waals surface area contributed by atoms with E-state index in [4.69, 9.17) is 5.73 Å². The van der Waals surface area contributed by atoms with E-state index < -0.39 is 0 Å². The molecule has 2 saturated carbocycles. The van der Waals surface area contributed by atoms with Gasteiger partial charge in [-0.2, -0.15) is 0 Å². The van der Waals surface area contributed by atoms with Gasteiger partial charge in [-0.3, -0.25) is 4.79 Å². The number of amides is 1. The van der Waals surface area contributed by atoms with Crippen LogP contribution in [0.2, 0.25) is 0 Å². The fraction of sp³-hybridized carbons (Fsp3) is 0.944. The maximum atomic E-state index is 13.0. The molecule has 0 spiro atoms. The summed E-state index contributed by atoms with van der Waals surface area (Å²) in [6.45, 7) is 2.50. The van der Waals surface area contributed by atoms with Crippen molar-refractivity contribution in [2.45, 2.75) is 70.3 Å². The second-order valence-electron chi connectivity index (χ2n) is 7.77. The minimum atomic E-state index is 0. The van der Waals surface area contributed by atoms with Crippen LogP contribution in [0.15, 0.2) is 0 Å². The van der Waals surface area contributed by atoms with Gasteiger partial charge in [0.25, 0.3) is 0 Å². The molecule has 0 aromatic carbocycles. The van der Waals surface area contributed by atoms with Gasteiger partial charge in [0.2, 0.25) is 5.91 Å². The van der Waals surface area contributed by atoms with Gasteiger partial charge < -0.3 is 15.5 Å². The first-order valence-electron chi connectivity index (χ1n) is 9.21. The summed E-state index contributed by atoms with van der Waals surface area (Å²) in [6.07, 6.45) is 11.7. The lowest BCUT2D eigenvalue weighted by Crippen LogP contribution is -2.46. The van der Waals surface area contributed by atoms with E-state index in [1.165, 1.54) is 44.9 Å². The van der Waals surface area contributed by atoms with Gasteiger partial charge in [0.15, 0.2) is 0 Å². The van der Waals surface area contributed by atoms with Gasteiger partial charge in [-0.25, -0.2) is 0 Å². The van der Waals surface area contributed by atoms with Gasteiger partial charge in [0.1, 0.15) is 0 Å². The van der Waals surface area contributed by atoms with E-state index >= 15 is 0 Å². The fourth-order valence-corrected chi connectivity index (χ4v) is 4.21. The quantitative estimate of drug-likeness (QED) is 0.771. The number of halogens is 1. The standard InChI is InChI=1S/C18H35N3O.ClH/c1-20(2)12-13-21(16-8-4-5-9-16)17(22)14-18(15-19)10-6-3-7-11-18;/h16H,3-15,19H2,1-2H3;1H. The van der Waals surface area contributed by atoms with Crippen molar-refractivity contribution in [1.82, 2.24) is 9.80 Å². The topological polar surface area (TPSA) is 49.6 Å². The molecule has 0 heterocycles. The second kappa shape index (κ2) is 9.85. The van der Waals surface area contributed by atoms with E-state index in [1.807, 2.05) is 0 Å². The average molecular weight is 346 g/mol. The highest BCUT2D eigenvalue weighted by Gasteiger charge is 2.36. The van der Waals surface area contributed by atoms with Gasteiger partial charge in [0.05, 0.1) is 0 Å². The predicted molar refractivity (Wildman–Crippen MR) is 99.0 cm³/mol. The Morgan fingerprint density at radius 2 is 1.65 bits per heavy atom. The normalized spacial score (nSPS) is 21.2. The predicted octanol–water partition coefficient (Wildman–Crippen LogP) is 3.04. The van der Waals surface area contributed by atoms with E-state index in [0.29, 0.717) is 24.9 Å². The molecule has 0 aromatic rings. The highest BCUT2D eigenvalue weighted by Crippen LogP contribution is 2.39. The molecule has 0 aliphatic heterocycles. The van der Waals surface area contributed by atoms with Crippen LogP contribution < -0.4 is 5.73 Å². The van der Waals surface area contributed by atoms with Crippen LogP contribution in [-0.2, 0) is 4.79 Å². The molecule has 0 bridgehead atoms. The first-order chi connectivity index (χ1) is 10.6. The number of carbonyl (C=O) groups excluding carboxylic acids is 1. The van der Waals surface area contributed by atoms with Crippen LogP contribution in [0, 0.1) is 5.41 Å². The number of likely N-dealkylation sites (N-methyl/N-ethyl adjacent to an activating group) is 1. The van der Waals surface area contributed by atoms with E-state index in [0.717, 1.165) is 25.9 Å². The Kier molecular flexibility index (Phi) is 8.88. The molecule has 1 amide bonds. The zero-order chi connectivity index (χ0) is 16.0. The third kappa shape index (κ3) is 5.91. The Balaban J connectivity index is 0.00000264. The zero-order valence-corrected chi connectivity index (χ0v) is 15.9. The number of hydrogen-bond donors (Lipinski definition) is 1. The van der Waals surface area contributed by atoms with E-state index in [2.05, 4.69) is 23.9 Å². The van der Waals surface area contributed by atoms with Crippen LogP contribution in [0.25, 0.3) is 0 Å². The average Bonchev–Trinajstić information content (AvgIpc) is 3.02. The highest BCUT2D eigenvalue weighted by molar-refractivity contribution is 5.85. The minimum absolute atomic E-state index is 0. The van der Waals surface area contributed by atoms with Crippen LogP contribution in [0.3, 0.4) is 0 Å². The monoisotopic (exact) mass is 345 g/mol. The summed E-state index contributed by atoms with van der Waals surface area (Å²) < 4.78 is 0. The molecule has 23 heavy (non-hydrogen) atoms. The van der Waals surface area contributed by atoms with E-state index in [9.17, 15) is 4.79 Å². The molecule has 0 atom stereocenters. The molecule has 2 aliphatic rings. The molecule has 0 unspecified atom stereocenters. The zero-order valence-electron chi connectivity index (χ0n) is 15.1. The van der Waals surface area contributed by atoms with Crippen molar-refractivity contribution < 1.29 is 4.79 Å². The summed E-state index contributed by atoms with van der Waals surface area (Å²) in [6, 6.07) is 0.478. The summed E-state index contributed by atoms with van der Waals surface area (Å²) in [4.78, 5) is 17.4. The lowest BCUT2D eigenvalue weighted by molar-refractivity contribution is -0.136. The van der Waals surface area contributed by atoms with Gasteiger partial charge >= 0.3 is 0 Å². The molecule has 136 valence electrons. The molecule has 0 radical (unpaired) electrons. The van der Waals surface area contributed by atoms with Crippen molar-refractivity contribution in [2.24, 2.45) is 11.1 Å². The summed E-state index contributed by atoms with van der Waals surface area (Å²) >= 11 is 0. The molecule has 2 fully saturated rings. The lowest BCUT2D eigenvalue weighted by Gasteiger charge is -2.39. The Morgan fingerprint density at radius 3 is 2.17 bits per heavy atom. The number of nitrogens with two attached hydrogens (primary N) is 1. The highest BCUT2D eigenvalue weighted by atomic mass is 35.5. The van der Waals surface area contributed by atoms with Crippen LogP contribution >= 0.6 is 12.4 Å². The van der Waals surface area contributed by atoms with Gasteiger partial charge in [0, 0.05) is 25.6 Å². The smallest absolute Gasteiger partial charge is 0.223 e. The molecule has 2 aliphatic carbocycles. The van der Waals surface area contributed by atoms with Crippen molar-refractivity contribution >= 4 is 18.3 Å². The first kappa shape index (κ1) is 20.7. The van der Waals surface area contributed by atoms with Gasteiger partial charge in [-0.1, -0.05) is 32.1 Å². The number of rotatable bonds is 7. The first-order valence-corrected chi connectivity index (χ1v) is 9.21. The SMILES string of the molecule is CN(C)CCN(C(=O)CC1(CN)CCCCC1)C1CCCC1.Cl.